The standard InChI is InChI=1S/C17H20ClN3O2/c1-5-23-17(22)15-10(2)16(19-11(15)3)12(4)20-21-14-9-7-6-8-13(14)18/h6-9,19,21H,5H2,1-4H3/b20-12+. The van der Waals surface area contributed by atoms with Crippen LogP contribution in [0.25, 0.3) is 0 Å². The molecule has 0 saturated heterocycles. The van der Waals surface area contributed by atoms with Crippen LogP contribution in [-0.4, -0.2) is 23.3 Å². The van der Waals surface area contributed by atoms with Gasteiger partial charge in [0, 0.05) is 5.69 Å². The largest absolute Gasteiger partial charge is 0.462 e. The molecule has 0 aliphatic heterocycles. The Labute approximate surface area is 140 Å². The van der Waals surface area contributed by atoms with E-state index in [2.05, 4.69) is 15.5 Å². The summed E-state index contributed by atoms with van der Waals surface area (Å²) >= 11 is 6.09. The number of hydrogen-bond acceptors (Lipinski definition) is 4. The van der Waals surface area contributed by atoms with E-state index in [1.165, 1.54) is 0 Å². The second kappa shape index (κ2) is 7.33. The van der Waals surface area contributed by atoms with Crippen LogP contribution in [0, 0.1) is 13.8 Å². The molecule has 0 spiro atoms. The third-order valence-electron chi connectivity index (χ3n) is 3.50. The van der Waals surface area contributed by atoms with Crippen LogP contribution in [0.2, 0.25) is 5.02 Å². The first-order chi connectivity index (χ1) is 11.0. The fourth-order valence-electron chi connectivity index (χ4n) is 2.37. The number of hydrazone groups is 1. The molecule has 6 heteroatoms. The van der Waals surface area contributed by atoms with Gasteiger partial charge in [-0.3, -0.25) is 5.43 Å². The molecule has 5 nitrogen and oxygen atoms in total. The molecule has 0 aliphatic rings. The molecule has 0 unspecified atom stereocenters. The van der Waals surface area contributed by atoms with Gasteiger partial charge >= 0.3 is 5.97 Å². The number of anilines is 1. The number of benzene rings is 1. The Hall–Kier alpha value is -2.27. The number of nitrogens with zero attached hydrogens (tertiary/aromatic N) is 1. The van der Waals surface area contributed by atoms with Gasteiger partial charge in [0.05, 0.1) is 34.3 Å². The topological polar surface area (TPSA) is 66.5 Å². The Morgan fingerprint density at radius 1 is 1.35 bits per heavy atom. The first kappa shape index (κ1) is 17.1. The number of aromatic amines is 1. The van der Waals surface area contributed by atoms with E-state index >= 15 is 0 Å². The first-order valence-electron chi connectivity index (χ1n) is 7.37. The van der Waals surface area contributed by atoms with Gasteiger partial charge in [0.2, 0.25) is 0 Å². The van der Waals surface area contributed by atoms with Crippen LogP contribution in [0.4, 0.5) is 5.69 Å². The highest BCUT2D eigenvalue weighted by molar-refractivity contribution is 6.33. The van der Waals surface area contributed by atoms with E-state index in [0.29, 0.717) is 17.2 Å². The highest BCUT2D eigenvalue weighted by Crippen LogP contribution is 2.22. The maximum absolute atomic E-state index is 12.0. The molecule has 1 aromatic heterocycles. The fourth-order valence-corrected chi connectivity index (χ4v) is 2.55. The van der Waals surface area contributed by atoms with Gasteiger partial charge in [-0.15, -0.1) is 0 Å². The van der Waals surface area contributed by atoms with Crippen molar-refractivity contribution < 1.29 is 9.53 Å². The quantitative estimate of drug-likeness (QED) is 0.487. The predicted octanol–water partition coefficient (Wildman–Crippen LogP) is 4.30. The molecule has 0 bridgehead atoms. The minimum atomic E-state index is -0.322. The summed E-state index contributed by atoms with van der Waals surface area (Å²) < 4.78 is 5.10. The van der Waals surface area contributed by atoms with E-state index in [0.717, 1.165) is 28.4 Å². The van der Waals surface area contributed by atoms with Gasteiger partial charge in [-0.2, -0.15) is 5.10 Å². The van der Waals surface area contributed by atoms with Crippen LogP contribution < -0.4 is 5.43 Å². The lowest BCUT2D eigenvalue weighted by molar-refractivity contribution is 0.0525. The summed E-state index contributed by atoms with van der Waals surface area (Å²) in [5.41, 5.74) is 7.34. The fraction of sp³-hybridized carbons (Fsp3) is 0.294. The van der Waals surface area contributed by atoms with Gasteiger partial charge in [-0.25, -0.2) is 4.79 Å². The number of carbonyl (C=O) groups excluding carboxylic acids is 1. The van der Waals surface area contributed by atoms with E-state index in [-0.39, 0.29) is 5.97 Å². The van der Waals surface area contributed by atoms with Crippen LogP contribution >= 0.6 is 11.6 Å². The highest BCUT2D eigenvalue weighted by atomic mass is 35.5. The molecule has 23 heavy (non-hydrogen) atoms. The van der Waals surface area contributed by atoms with Crippen LogP contribution in [0.1, 0.15) is 41.2 Å². The lowest BCUT2D eigenvalue weighted by Gasteiger charge is -2.05. The Kier molecular flexibility index (Phi) is 5.45. The summed E-state index contributed by atoms with van der Waals surface area (Å²) in [5, 5.41) is 4.94. The van der Waals surface area contributed by atoms with E-state index in [4.69, 9.17) is 16.3 Å². The van der Waals surface area contributed by atoms with E-state index < -0.39 is 0 Å². The van der Waals surface area contributed by atoms with Gasteiger partial charge in [-0.1, -0.05) is 23.7 Å². The predicted molar refractivity (Wildman–Crippen MR) is 93.5 cm³/mol. The Morgan fingerprint density at radius 3 is 2.70 bits per heavy atom. The number of aromatic nitrogens is 1. The number of ether oxygens (including phenoxy) is 1. The molecule has 122 valence electrons. The molecule has 0 aliphatic carbocycles. The normalized spacial score (nSPS) is 11.4. The molecule has 2 N–H and O–H groups in total. The number of nitrogens with one attached hydrogen (secondary N) is 2. The van der Waals surface area contributed by atoms with Crippen molar-refractivity contribution in [3.05, 3.63) is 51.8 Å². The van der Waals surface area contributed by atoms with Crippen molar-refractivity contribution in [3.8, 4) is 0 Å². The SMILES string of the molecule is CCOC(=O)c1c(C)[nH]c(/C(C)=N/Nc2ccccc2Cl)c1C. The molecule has 0 amide bonds. The van der Waals surface area contributed by atoms with E-state index in [9.17, 15) is 4.79 Å². The molecule has 0 radical (unpaired) electrons. The second-order valence-corrected chi connectivity index (χ2v) is 5.54. The van der Waals surface area contributed by atoms with Gasteiger partial charge in [-0.05, 0) is 45.4 Å². The number of aryl methyl sites for hydroxylation is 1. The number of esters is 1. The molecule has 0 saturated carbocycles. The van der Waals surface area contributed by atoms with Crippen molar-refractivity contribution >= 4 is 29.0 Å². The Bertz CT molecular complexity index is 750. The zero-order valence-electron chi connectivity index (χ0n) is 13.7. The van der Waals surface area contributed by atoms with Crippen LogP contribution in [-0.2, 0) is 4.74 Å². The summed E-state index contributed by atoms with van der Waals surface area (Å²) in [6.07, 6.45) is 0. The maximum Gasteiger partial charge on any atom is 0.340 e. The van der Waals surface area contributed by atoms with Crippen LogP contribution in [0.3, 0.4) is 0 Å². The van der Waals surface area contributed by atoms with Gasteiger partial charge in [0.1, 0.15) is 0 Å². The monoisotopic (exact) mass is 333 g/mol. The number of hydrogen-bond donors (Lipinski definition) is 2. The average molecular weight is 334 g/mol. The second-order valence-electron chi connectivity index (χ2n) is 5.13. The third-order valence-corrected chi connectivity index (χ3v) is 3.83. The summed E-state index contributed by atoms with van der Waals surface area (Å²) in [6.45, 7) is 7.71. The Balaban J connectivity index is 2.28. The molecule has 0 fully saturated rings. The average Bonchev–Trinajstić information content (AvgIpc) is 2.81. The smallest absolute Gasteiger partial charge is 0.340 e. The number of H-pyrrole nitrogens is 1. The number of halogens is 1. The van der Waals surface area contributed by atoms with Crippen molar-refractivity contribution in [3.63, 3.8) is 0 Å². The van der Waals surface area contributed by atoms with Crippen molar-refractivity contribution in [2.24, 2.45) is 5.10 Å². The molecular formula is C17H20ClN3O2. The third kappa shape index (κ3) is 3.74. The maximum atomic E-state index is 12.0. The number of carbonyl (C=O) groups is 1. The summed E-state index contributed by atoms with van der Waals surface area (Å²) in [5.74, 6) is -0.322. The van der Waals surface area contributed by atoms with Gasteiger partial charge in [0.15, 0.2) is 0 Å². The molecule has 2 aromatic rings. The summed E-state index contributed by atoms with van der Waals surface area (Å²) in [7, 11) is 0. The highest BCUT2D eigenvalue weighted by Gasteiger charge is 2.20. The number of rotatable bonds is 5. The molecule has 1 heterocycles. The summed E-state index contributed by atoms with van der Waals surface area (Å²) in [4.78, 5) is 15.2. The van der Waals surface area contributed by atoms with E-state index in [1.54, 1.807) is 13.0 Å². The molecular weight excluding hydrogens is 314 g/mol. The van der Waals surface area contributed by atoms with Crippen LogP contribution in [0.5, 0.6) is 0 Å². The van der Waals surface area contributed by atoms with Crippen molar-refractivity contribution in [2.45, 2.75) is 27.7 Å². The van der Waals surface area contributed by atoms with Crippen molar-refractivity contribution in [1.82, 2.24) is 4.98 Å². The number of para-hydroxylation sites is 1. The van der Waals surface area contributed by atoms with Crippen LogP contribution in [0.15, 0.2) is 29.4 Å². The summed E-state index contributed by atoms with van der Waals surface area (Å²) in [6, 6.07) is 7.36. The first-order valence-corrected chi connectivity index (χ1v) is 7.75. The lowest BCUT2D eigenvalue weighted by Crippen LogP contribution is -2.07. The van der Waals surface area contributed by atoms with E-state index in [1.807, 2.05) is 39.0 Å². The molecule has 0 atom stereocenters. The Morgan fingerprint density at radius 2 is 2.04 bits per heavy atom. The minimum absolute atomic E-state index is 0.322. The minimum Gasteiger partial charge on any atom is -0.462 e. The zero-order chi connectivity index (χ0) is 17.0. The lowest BCUT2D eigenvalue weighted by atomic mass is 10.1. The van der Waals surface area contributed by atoms with Crippen molar-refractivity contribution in [1.29, 1.82) is 0 Å². The van der Waals surface area contributed by atoms with Crippen molar-refractivity contribution in [2.75, 3.05) is 12.0 Å². The van der Waals surface area contributed by atoms with Gasteiger partial charge in [0.25, 0.3) is 0 Å². The molecule has 1 aromatic carbocycles. The van der Waals surface area contributed by atoms with Gasteiger partial charge < -0.3 is 9.72 Å². The zero-order valence-corrected chi connectivity index (χ0v) is 14.4. The molecule has 2 rings (SSSR count).